The summed E-state index contributed by atoms with van der Waals surface area (Å²) in [5, 5.41) is 20.8. The number of rotatable bonds is 9. The van der Waals surface area contributed by atoms with Gasteiger partial charge in [0.05, 0.1) is 24.0 Å². The topological polar surface area (TPSA) is 125 Å². The lowest BCUT2D eigenvalue weighted by Gasteiger charge is -2.37. The van der Waals surface area contributed by atoms with Crippen LogP contribution in [0.3, 0.4) is 0 Å². The van der Waals surface area contributed by atoms with E-state index in [0.29, 0.717) is 29.0 Å². The van der Waals surface area contributed by atoms with Gasteiger partial charge in [0.25, 0.3) is 0 Å². The van der Waals surface area contributed by atoms with Gasteiger partial charge in [0.1, 0.15) is 17.8 Å². The molecule has 63 heavy (non-hydrogen) atoms. The van der Waals surface area contributed by atoms with Gasteiger partial charge in [-0.15, -0.1) is 0 Å². The largest absolute Gasteiger partial charge is 0.490 e. The van der Waals surface area contributed by atoms with E-state index in [2.05, 4.69) is 88.2 Å². The third-order valence-electron chi connectivity index (χ3n) is 15.7. The van der Waals surface area contributed by atoms with Gasteiger partial charge in [-0.3, -0.25) is 9.59 Å². The molecule has 9 heteroatoms. The monoisotopic (exact) mass is 871 g/mol. The zero-order valence-electron chi connectivity index (χ0n) is 39.8. The zero-order chi connectivity index (χ0) is 45.1. The summed E-state index contributed by atoms with van der Waals surface area (Å²) in [7, 11) is 0. The Morgan fingerprint density at radius 2 is 1.08 bits per heavy atom. The molecule has 2 unspecified atom stereocenters. The molecule has 2 aliphatic heterocycles. The second-order valence-electron chi connectivity index (χ2n) is 22.3. The molecule has 0 bridgehead atoms. The highest BCUT2D eigenvalue weighted by Gasteiger charge is 2.33. The Hall–Kier alpha value is -3.43. The number of carbonyl (C=O) groups excluding carboxylic acids is 1. The molecular formula is C54H82N2O7. The third-order valence-corrected chi connectivity index (χ3v) is 15.7. The molecule has 6 aliphatic rings. The van der Waals surface area contributed by atoms with Crippen LogP contribution in [0.1, 0.15) is 154 Å². The minimum absolute atomic E-state index is 0.0914. The number of nitrogens with zero attached hydrogens (tertiary/aromatic N) is 1. The molecule has 2 heterocycles. The van der Waals surface area contributed by atoms with Crippen LogP contribution >= 0.6 is 0 Å². The van der Waals surface area contributed by atoms with Crippen LogP contribution in [0.4, 0.5) is 0 Å². The summed E-state index contributed by atoms with van der Waals surface area (Å²) in [6, 6.07) is 13.3. The predicted octanol–water partition coefficient (Wildman–Crippen LogP) is 10.6. The highest BCUT2D eigenvalue weighted by Crippen LogP contribution is 2.41. The van der Waals surface area contributed by atoms with Crippen molar-refractivity contribution in [1.29, 1.82) is 0 Å². The van der Waals surface area contributed by atoms with Crippen LogP contribution in [0.15, 0.2) is 36.4 Å². The third kappa shape index (κ3) is 14.8. The fraction of sp³-hybridized carbons (Fsp3) is 0.722. The van der Waals surface area contributed by atoms with Crippen LogP contribution in [0.25, 0.3) is 0 Å². The number of carboxylic acid groups (broad SMARTS) is 2. The summed E-state index contributed by atoms with van der Waals surface area (Å²) in [4.78, 5) is 35.0. The van der Waals surface area contributed by atoms with Gasteiger partial charge in [0.2, 0.25) is 0 Å². The molecule has 0 amide bonds. The Labute approximate surface area is 379 Å². The molecule has 8 rings (SSSR count). The van der Waals surface area contributed by atoms with Gasteiger partial charge in [-0.25, -0.2) is 0 Å². The number of carbonyl (C=O) groups is 3. The minimum atomic E-state index is -0.642. The van der Waals surface area contributed by atoms with E-state index in [9.17, 15) is 19.5 Å². The van der Waals surface area contributed by atoms with E-state index in [1.807, 2.05) is 0 Å². The molecular weight excluding hydrogens is 789 g/mol. The smallest absolute Gasteiger partial charge is 0.306 e. The maximum atomic E-state index is 11.2. The molecule has 2 aromatic carbocycles. The highest BCUT2D eigenvalue weighted by molar-refractivity contribution is 5.70. The van der Waals surface area contributed by atoms with Crippen molar-refractivity contribution >= 4 is 18.2 Å². The molecule has 2 aromatic rings. The van der Waals surface area contributed by atoms with Gasteiger partial charge in [-0.05, 0) is 217 Å². The van der Waals surface area contributed by atoms with Gasteiger partial charge in [-0.2, -0.15) is 0 Å². The van der Waals surface area contributed by atoms with Crippen molar-refractivity contribution in [3.05, 3.63) is 58.7 Å². The summed E-state index contributed by atoms with van der Waals surface area (Å²) in [6.45, 7) is 18.9. The van der Waals surface area contributed by atoms with Gasteiger partial charge in [-0.1, -0.05) is 53.7 Å². The first-order valence-electron chi connectivity index (χ1n) is 24.9. The van der Waals surface area contributed by atoms with Crippen molar-refractivity contribution < 1.29 is 34.1 Å². The lowest BCUT2D eigenvalue weighted by atomic mass is 9.72. The lowest BCUT2D eigenvalue weighted by Crippen LogP contribution is -2.40. The summed E-state index contributed by atoms with van der Waals surface area (Å²) in [5.41, 5.74) is 6.51. The van der Waals surface area contributed by atoms with Crippen molar-refractivity contribution in [3.8, 4) is 11.5 Å². The standard InChI is InChI=1S/C27H41NO3.C21H30O2.C6H11NO2/c1-27(2,3)23-7-10-24(11-8-23)31-25-9-6-21-16-19(4-5-22(21)17-25)18-28-14-12-20(13-15-28)26(29)30;1-21(2,3)18-7-10-19(11-8-18)23-20-9-6-16-12-15(14-22)4-5-17(16)13-20;8-6(9)5-1-3-7-4-2-5/h6,9,17,19-20,23-24H,4-5,7-8,10-16,18H2,1-3H3,(H,29,30);6,9,13-15,18-19H,4-5,7-8,10-12H2,1-3H3;5,7H,1-4H2,(H,8,9). The molecule has 9 nitrogen and oxygen atoms in total. The maximum Gasteiger partial charge on any atom is 0.306 e. The molecule has 3 N–H and O–H groups in total. The van der Waals surface area contributed by atoms with E-state index in [-0.39, 0.29) is 17.8 Å². The average molecular weight is 871 g/mol. The molecule has 4 aliphatic carbocycles. The summed E-state index contributed by atoms with van der Waals surface area (Å²) >= 11 is 0. The number of ether oxygens (including phenoxy) is 2. The Bertz CT molecular complexity index is 1770. The van der Waals surface area contributed by atoms with Crippen LogP contribution < -0.4 is 14.8 Å². The molecule has 2 atom stereocenters. The first kappa shape index (κ1) is 49.0. The number of carboxylic acids is 2. The number of aldehydes is 1. The van der Waals surface area contributed by atoms with Gasteiger partial charge < -0.3 is 34.7 Å². The number of hydrogen-bond acceptors (Lipinski definition) is 7. The number of aryl methyl sites for hydroxylation is 2. The quantitative estimate of drug-likeness (QED) is 0.211. The average Bonchev–Trinajstić information content (AvgIpc) is 3.27. The molecule has 2 saturated carbocycles. The fourth-order valence-electron chi connectivity index (χ4n) is 11.3. The van der Waals surface area contributed by atoms with E-state index in [1.54, 1.807) is 0 Å². The van der Waals surface area contributed by atoms with Crippen molar-refractivity contribution in [2.45, 2.75) is 169 Å². The minimum Gasteiger partial charge on any atom is -0.490 e. The maximum absolute atomic E-state index is 11.2. The SMILES string of the molecule is CC(C)(C)C1CCC(Oc2ccc3c(c2)CCC(C=O)C3)CC1.CC(C)(C)C1CCC(Oc2ccc3c(c2)CCC(CN2CCC(C(=O)O)CC2)C3)CC1.O=C(O)C1CCNCC1. The van der Waals surface area contributed by atoms with E-state index in [0.717, 1.165) is 120 Å². The predicted molar refractivity (Wildman–Crippen MR) is 252 cm³/mol. The Balaban J connectivity index is 0.000000180. The first-order chi connectivity index (χ1) is 30.0. The van der Waals surface area contributed by atoms with Crippen LogP contribution in [0.5, 0.6) is 11.5 Å². The van der Waals surface area contributed by atoms with Crippen molar-refractivity contribution in [2.75, 3.05) is 32.7 Å². The van der Waals surface area contributed by atoms with E-state index in [4.69, 9.17) is 14.6 Å². The van der Waals surface area contributed by atoms with E-state index >= 15 is 0 Å². The van der Waals surface area contributed by atoms with Gasteiger partial charge in [0.15, 0.2) is 0 Å². The molecule has 2 saturated heterocycles. The number of aliphatic carboxylic acids is 2. The van der Waals surface area contributed by atoms with Gasteiger partial charge >= 0.3 is 11.9 Å². The van der Waals surface area contributed by atoms with Crippen LogP contribution in [-0.2, 0) is 40.1 Å². The number of nitrogens with one attached hydrogen (secondary N) is 1. The van der Waals surface area contributed by atoms with Gasteiger partial charge in [0, 0.05) is 12.5 Å². The van der Waals surface area contributed by atoms with Crippen molar-refractivity contribution in [3.63, 3.8) is 0 Å². The molecule has 350 valence electrons. The normalized spacial score (nSPS) is 27.2. The van der Waals surface area contributed by atoms with Crippen molar-refractivity contribution in [1.82, 2.24) is 10.2 Å². The summed E-state index contributed by atoms with van der Waals surface area (Å²) in [5.74, 6) is 3.14. The van der Waals surface area contributed by atoms with E-state index < -0.39 is 11.9 Å². The number of likely N-dealkylation sites (tertiary alicyclic amines) is 1. The Kier molecular flexibility index (Phi) is 17.6. The fourth-order valence-corrected chi connectivity index (χ4v) is 11.3. The molecule has 0 aromatic heterocycles. The summed E-state index contributed by atoms with van der Waals surface area (Å²) < 4.78 is 12.7. The highest BCUT2D eigenvalue weighted by atomic mass is 16.5. The Morgan fingerprint density at radius 1 is 0.619 bits per heavy atom. The molecule has 0 spiro atoms. The van der Waals surface area contributed by atoms with Crippen LogP contribution in [0.2, 0.25) is 0 Å². The van der Waals surface area contributed by atoms with Crippen molar-refractivity contribution in [2.24, 2.45) is 46.3 Å². The Morgan fingerprint density at radius 3 is 1.52 bits per heavy atom. The summed E-state index contributed by atoms with van der Waals surface area (Å²) in [6.07, 6.45) is 21.3. The van der Waals surface area contributed by atoms with E-state index in [1.165, 1.54) is 80.0 Å². The zero-order valence-corrected chi connectivity index (χ0v) is 39.8. The number of piperidine rings is 2. The molecule has 4 fully saturated rings. The second kappa shape index (κ2) is 22.7. The van der Waals surface area contributed by atoms with Crippen LogP contribution in [0, 0.1) is 46.3 Å². The number of hydrogen-bond donors (Lipinski definition) is 3. The number of fused-ring (bicyclic) bond motifs is 2. The molecule has 0 radical (unpaired) electrons. The second-order valence-corrected chi connectivity index (χ2v) is 22.3. The van der Waals surface area contributed by atoms with Crippen LogP contribution in [-0.4, -0.2) is 78.3 Å². The first-order valence-corrected chi connectivity index (χ1v) is 24.9. The lowest BCUT2D eigenvalue weighted by molar-refractivity contribution is -0.144. The number of benzene rings is 2.